The maximum Gasteiger partial charge on any atom is 0.358 e. The van der Waals surface area contributed by atoms with Gasteiger partial charge in [0.05, 0.1) is 13.1 Å². The molecule has 0 bridgehead atoms. The summed E-state index contributed by atoms with van der Waals surface area (Å²) in [5.41, 5.74) is 0.223. The van der Waals surface area contributed by atoms with Crippen molar-refractivity contribution in [1.82, 2.24) is 9.96 Å². The molecular formula is C11H16N2O5. The molecule has 18 heavy (non-hydrogen) atoms. The topological polar surface area (TPSA) is 76.2 Å². The molecule has 0 aromatic carbocycles. The fourth-order valence-electron chi connectivity index (χ4n) is 1.33. The second-order valence-electron chi connectivity index (χ2n) is 3.87. The van der Waals surface area contributed by atoms with Crippen LogP contribution in [0.25, 0.3) is 0 Å². The first-order valence-corrected chi connectivity index (χ1v) is 5.49. The molecule has 0 atom stereocenters. The average Bonchev–Trinajstić information content (AvgIpc) is 2.61. The molecule has 0 aromatic heterocycles. The van der Waals surface area contributed by atoms with Crippen molar-refractivity contribution < 1.29 is 24.0 Å². The molecule has 0 aliphatic carbocycles. The van der Waals surface area contributed by atoms with E-state index in [-0.39, 0.29) is 25.3 Å². The molecule has 7 nitrogen and oxygen atoms in total. The van der Waals surface area contributed by atoms with Gasteiger partial charge in [-0.3, -0.25) is 4.79 Å². The zero-order valence-corrected chi connectivity index (χ0v) is 10.5. The van der Waals surface area contributed by atoms with Crippen molar-refractivity contribution in [3.63, 3.8) is 0 Å². The van der Waals surface area contributed by atoms with Gasteiger partial charge in [-0.05, 0) is 6.92 Å². The first-order chi connectivity index (χ1) is 8.41. The Morgan fingerprint density at radius 3 is 2.56 bits per heavy atom. The Labute approximate surface area is 105 Å². The predicted molar refractivity (Wildman–Crippen MR) is 61.2 cm³/mol. The number of hydroxylamine groups is 2. The summed E-state index contributed by atoms with van der Waals surface area (Å²) in [5.74, 6) is -1.03. The standard InChI is InChI=1S/C11H16N2O5/c1-8(2)10(15)18-13-5-4-12(11(13)16)6-7-17-9(3)14/h1,4-7H2,2-3H3. The highest BCUT2D eigenvalue weighted by Gasteiger charge is 2.31. The normalized spacial score (nSPS) is 14.7. The van der Waals surface area contributed by atoms with E-state index < -0.39 is 18.0 Å². The molecule has 0 unspecified atom stereocenters. The van der Waals surface area contributed by atoms with Crippen molar-refractivity contribution in [1.29, 1.82) is 0 Å². The van der Waals surface area contributed by atoms with E-state index in [1.54, 1.807) is 0 Å². The Balaban J connectivity index is 2.39. The lowest BCUT2D eigenvalue weighted by Crippen LogP contribution is -2.35. The van der Waals surface area contributed by atoms with Crippen LogP contribution in [0, 0.1) is 0 Å². The zero-order valence-electron chi connectivity index (χ0n) is 10.5. The monoisotopic (exact) mass is 256 g/mol. The van der Waals surface area contributed by atoms with Gasteiger partial charge in [0.15, 0.2) is 0 Å². The summed E-state index contributed by atoms with van der Waals surface area (Å²) < 4.78 is 4.73. The van der Waals surface area contributed by atoms with Crippen molar-refractivity contribution in [3.05, 3.63) is 12.2 Å². The van der Waals surface area contributed by atoms with Crippen LogP contribution in [-0.4, -0.2) is 54.2 Å². The van der Waals surface area contributed by atoms with Gasteiger partial charge in [0.25, 0.3) is 0 Å². The van der Waals surface area contributed by atoms with Gasteiger partial charge in [-0.2, -0.15) is 5.06 Å². The smallest absolute Gasteiger partial charge is 0.358 e. The molecular weight excluding hydrogens is 240 g/mol. The van der Waals surface area contributed by atoms with Gasteiger partial charge in [0, 0.05) is 19.0 Å². The second-order valence-corrected chi connectivity index (χ2v) is 3.87. The van der Waals surface area contributed by atoms with Gasteiger partial charge >= 0.3 is 18.0 Å². The fourth-order valence-corrected chi connectivity index (χ4v) is 1.33. The molecule has 1 rings (SSSR count). The van der Waals surface area contributed by atoms with E-state index >= 15 is 0 Å². The average molecular weight is 256 g/mol. The minimum Gasteiger partial charge on any atom is -0.464 e. The van der Waals surface area contributed by atoms with Crippen LogP contribution in [0.5, 0.6) is 0 Å². The molecule has 0 spiro atoms. The number of hydrogen-bond acceptors (Lipinski definition) is 5. The molecule has 0 N–H and O–H groups in total. The molecule has 0 radical (unpaired) electrons. The first kappa shape index (κ1) is 14.0. The van der Waals surface area contributed by atoms with Crippen molar-refractivity contribution in [2.45, 2.75) is 13.8 Å². The number of carbonyl (C=O) groups excluding carboxylic acids is 3. The molecule has 1 heterocycles. The number of amides is 2. The molecule has 1 saturated heterocycles. The van der Waals surface area contributed by atoms with Crippen LogP contribution in [0.1, 0.15) is 13.8 Å². The van der Waals surface area contributed by atoms with Gasteiger partial charge in [-0.15, -0.1) is 0 Å². The van der Waals surface area contributed by atoms with E-state index in [9.17, 15) is 14.4 Å². The number of ether oxygens (including phenoxy) is 1. The largest absolute Gasteiger partial charge is 0.464 e. The quantitative estimate of drug-likeness (QED) is 0.523. The third-order valence-corrected chi connectivity index (χ3v) is 2.26. The second kappa shape index (κ2) is 6.04. The van der Waals surface area contributed by atoms with Gasteiger partial charge in [0.1, 0.15) is 6.61 Å². The molecule has 7 heteroatoms. The summed E-state index contributed by atoms with van der Waals surface area (Å²) in [7, 11) is 0. The highest BCUT2D eigenvalue weighted by Crippen LogP contribution is 2.10. The maximum absolute atomic E-state index is 11.7. The molecule has 1 fully saturated rings. The highest BCUT2D eigenvalue weighted by atomic mass is 16.7. The van der Waals surface area contributed by atoms with Gasteiger partial charge in [-0.1, -0.05) is 6.58 Å². The van der Waals surface area contributed by atoms with Crippen LogP contribution in [0.4, 0.5) is 4.79 Å². The SMILES string of the molecule is C=C(C)C(=O)ON1CCN(CCOC(C)=O)C1=O. The Morgan fingerprint density at radius 2 is 2.00 bits per heavy atom. The van der Waals surface area contributed by atoms with E-state index in [0.717, 1.165) is 5.06 Å². The van der Waals surface area contributed by atoms with Crippen LogP contribution in [0.3, 0.4) is 0 Å². The molecule has 1 aliphatic heterocycles. The Hall–Kier alpha value is -2.05. The molecule has 100 valence electrons. The summed E-state index contributed by atoms with van der Waals surface area (Å²) in [6, 6.07) is -0.420. The van der Waals surface area contributed by atoms with E-state index in [1.807, 2.05) is 0 Å². The maximum atomic E-state index is 11.7. The number of rotatable bonds is 5. The summed E-state index contributed by atoms with van der Waals surface area (Å²) in [5, 5.41) is 0.977. The van der Waals surface area contributed by atoms with Crippen LogP contribution in [-0.2, 0) is 19.2 Å². The van der Waals surface area contributed by atoms with Crippen LogP contribution >= 0.6 is 0 Å². The van der Waals surface area contributed by atoms with Crippen molar-refractivity contribution in [2.75, 3.05) is 26.2 Å². The number of urea groups is 1. The van der Waals surface area contributed by atoms with E-state index in [4.69, 9.17) is 9.57 Å². The predicted octanol–water partition coefficient (Wildman–Crippen LogP) is 0.321. The third-order valence-electron chi connectivity index (χ3n) is 2.26. The minimum atomic E-state index is -0.634. The third kappa shape index (κ3) is 3.76. The number of hydrogen-bond donors (Lipinski definition) is 0. The number of carbonyl (C=O) groups is 3. The van der Waals surface area contributed by atoms with Crippen LogP contribution in [0.15, 0.2) is 12.2 Å². The Kier molecular flexibility index (Phi) is 4.70. The van der Waals surface area contributed by atoms with Crippen LogP contribution in [0.2, 0.25) is 0 Å². The Bertz CT molecular complexity index is 380. The van der Waals surface area contributed by atoms with Gasteiger partial charge in [0.2, 0.25) is 0 Å². The van der Waals surface area contributed by atoms with Crippen molar-refractivity contribution in [2.24, 2.45) is 0 Å². The van der Waals surface area contributed by atoms with Gasteiger partial charge in [-0.25, -0.2) is 9.59 Å². The number of esters is 1. The van der Waals surface area contributed by atoms with Gasteiger partial charge < -0.3 is 14.5 Å². The van der Waals surface area contributed by atoms with E-state index in [2.05, 4.69) is 6.58 Å². The van der Waals surface area contributed by atoms with Crippen molar-refractivity contribution in [3.8, 4) is 0 Å². The first-order valence-electron chi connectivity index (χ1n) is 5.49. The zero-order chi connectivity index (χ0) is 13.7. The van der Waals surface area contributed by atoms with Crippen molar-refractivity contribution >= 4 is 18.0 Å². The van der Waals surface area contributed by atoms with E-state index in [0.29, 0.717) is 6.54 Å². The van der Waals surface area contributed by atoms with E-state index in [1.165, 1.54) is 18.7 Å². The summed E-state index contributed by atoms with van der Waals surface area (Å²) >= 11 is 0. The Morgan fingerprint density at radius 1 is 1.33 bits per heavy atom. The van der Waals surface area contributed by atoms with Crippen LogP contribution < -0.4 is 0 Å². The molecule has 0 saturated carbocycles. The lowest BCUT2D eigenvalue weighted by molar-refractivity contribution is -0.168. The minimum absolute atomic E-state index is 0.128. The number of nitrogens with zero attached hydrogens (tertiary/aromatic N) is 2. The highest BCUT2D eigenvalue weighted by molar-refractivity contribution is 5.88. The summed E-state index contributed by atoms with van der Waals surface area (Å²) in [6.07, 6.45) is 0. The molecule has 2 amide bonds. The lowest BCUT2D eigenvalue weighted by atomic mass is 10.4. The fraction of sp³-hybridized carbons (Fsp3) is 0.545. The lowest BCUT2D eigenvalue weighted by Gasteiger charge is -2.17. The summed E-state index contributed by atoms with van der Waals surface area (Å²) in [4.78, 5) is 39.8. The summed E-state index contributed by atoms with van der Waals surface area (Å²) in [6.45, 7) is 7.34. The molecule has 0 aromatic rings. The molecule has 1 aliphatic rings.